The van der Waals surface area contributed by atoms with Crippen molar-refractivity contribution < 1.29 is 29.6 Å². The minimum atomic E-state index is -1.05. The molecule has 0 saturated carbocycles. The molecule has 98 valence electrons. The van der Waals surface area contributed by atoms with Gasteiger partial charge in [-0.05, 0) is 13.0 Å². The molecule has 0 aliphatic carbocycles. The van der Waals surface area contributed by atoms with Gasteiger partial charge in [0.25, 0.3) is 0 Å². The maximum atomic E-state index is 11.2. The molecule has 6 heteroatoms. The van der Waals surface area contributed by atoms with E-state index in [9.17, 15) is 4.79 Å². The molecule has 0 aromatic carbocycles. The van der Waals surface area contributed by atoms with Crippen molar-refractivity contribution in [2.75, 3.05) is 26.4 Å². The van der Waals surface area contributed by atoms with E-state index in [1.807, 2.05) is 0 Å². The summed E-state index contributed by atoms with van der Waals surface area (Å²) in [5.74, 6) is -0.963. The highest BCUT2D eigenvalue weighted by atomic mass is 16.6. The number of aliphatic hydroxyl groups is 3. The van der Waals surface area contributed by atoms with Crippen molar-refractivity contribution in [3.63, 3.8) is 0 Å². The molecule has 17 heavy (non-hydrogen) atoms. The first kappa shape index (κ1) is 15.6. The molecule has 0 unspecified atom stereocenters. The molecule has 0 fully saturated rings. The van der Waals surface area contributed by atoms with Crippen molar-refractivity contribution in [1.82, 2.24) is 0 Å². The number of hydrogen-bond donors (Lipinski definition) is 3. The highest BCUT2D eigenvalue weighted by molar-refractivity contribution is 5.85. The van der Waals surface area contributed by atoms with E-state index in [1.54, 1.807) is 0 Å². The smallest absolute Gasteiger partial charge is 0.373 e. The average molecular weight is 246 g/mol. The van der Waals surface area contributed by atoms with Crippen LogP contribution in [0.25, 0.3) is 0 Å². The van der Waals surface area contributed by atoms with Crippen molar-refractivity contribution >= 4 is 5.97 Å². The lowest BCUT2D eigenvalue weighted by Crippen LogP contribution is -2.35. The Hall–Kier alpha value is -1.37. The molecule has 0 saturated heterocycles. The summed E-state index contributed by atoms with van der Waals surface area (Å²) in [6.45, 7) is 5.28. The number of esters is 1. The van der Waals surface area contributed by atoms with Crippen molar-refractivity contribution in [1.29, 1.82) is 0 Å². The Morgan fingerprint density at radius 1 is 1.24 bits per heavy atom. The van der Waals surface area contributed by atoms with Crippen molar-refractivity contribution in [3.05, 3.63) is 25.2 Å². The normalized spacial score (nSPS) is 10.8. The third-order valence-corrected chi connectivity index (χ3v) is 2.33. The molecule has 0 atom stereocenters. The first-order valence-electron chi connectivity index (χ1n) is 5.01. The number of aliphatic hydroxyl groups excluding tert-OH is 3. The van der Waals surface area contributed by atoms with E-state index < -0.39 is 31.2 Å². The lowest BCUT2D eigenvalue weighted by Gasteiger charge is -2.26. The van der Waals surface area contributed by atoms with E-state index in [-0.39, 0.29) is 18.8 Å². The van der Waals surface area contributed by atoms with E-state index in [4.69, 9.17) is 20.1 Å². The molecule has 0 spiro atoms. The van der Waals surface area contributed by atoms with Crippen LogP contribution in [-0.4, -0.2) is 47.7 Å². The minimum Gasteiger partial charge on any atom is -0.460 e. The second-order valence-electron chi connectivity index (χ2n) is 3.57. The topological polar surface area (TPSA) is 96.2 Å². The van der Waals surface area contributed by atoms with Gasteiger partial charge in [0, 0.05) is 5.41 Å². The number of carbonyl (C=O) groups excluding carboxylic acids is 1. The van der Waals surface area contributed by atoms with Gasteiger partial charge in [0.05, 0.1) is 32.7 Å². The number of hydrogen-bond acceptors (Lipinski definition) is 6. The number of ether oxygens (including phenoxy) is 2. The van der Waals surface area contributed by atoms with E-state index >= 15 is 0 Å². The predicted octanol–water partition coefficient (Wildman–Crippen LogP) is -0.443. The Labute approximate surface area is 99.8 Å². The van der Waals surface area contributed by atoms with Crippen LogP contribution in [0.15, 0.2) is 25.2 Å². The van der Waals surface area contributed by atoms with Crippen LogP contribution in [-0.2, 0) is 14.3 Å². The fourth-order valence-corrected chi connectivity index (χ4v) is 0.977. The van der Waals surface area contributed by atoms with Gasteiger partial charge in [0.2, 0.25) is 5.76 Å². The monoisotopic (exact) mass is 246 g/mol. The Morgan fingerprint density at radius 2 is 1.76 bits per heavy atom. The van der Waals surface area contributed by atoms with Gasteiger partial charge in [-0.25, -0.2) is 4.79 Å². The van der Waals surface area contributed by atoms with Crippen molar-refractivity contribution in [2.45, 2.75) is 6.42 Å². The third-order valence-electron chi connectivity index (χ3n) is 2.33. The van der Waals surface area contributed by atoms with Gasteiger partial charge in [-0.2, -0.15) is 0 Å². The van der Waals surface area contributed by atoms with Crippen LogP contribution in [0.3, 0.4) is 0 Å². The summed E-state index contributed by atoms with van der Waals surface area (Å²) in [5.41, 5.74) is -1.05. The van der Waals surface area contributed by atoms with Crippen LogP contribution in [0.1, 0.15) is 6.42 Å². The fourth-order valence-electron chi connectivity index (χ4n) is 0.977. The highest BCUT2D eigenvalue weighted by Crippen LogP contribution is 2.19. The van der Waals surface area contributed by atoms with Gasteiger partial charge in [-0.3, -0.25) is 0 Å². The van der Waals surface area contributed by atoms with Gasteiger partial charge < -0.3 is 24.8 Å². The Balaban J connectivity index is 4.09. The first-order chi connectivity index (χ1) is 8.05. The SMILES string of the molecule is C=COC(=C)C(=O)OCCC(CO)(CO)CO. The largest absolute Gasteiger partial charge is 0.460 e. The zero-order chi connectivity index (χ0) is 13.3. The molecule has 0 aromatic rings. The quantitative estimate of drug-likeness (QED) is 0.290. The molecule has 3 N–H and O–H groups in total. The molecule has 0 aromatic heterocycles. The molecule has 6 nitrogen and oxygen atoms in total. The van der Waals surface area contributed by atoms with Gasteiger partial charge in [-0.15, -0.1) is 0 Å². The van der Waals surface area contributed by atoms with Crippen molar-refractivity contribution in [3.8, 4) is 0 Å². The molecular formula is C11H18O6. The third kappa shape index (κ3) is 4.99. The Bertz CT molecular complexity index is 261. The van der Waals surface area contributed by atoms with E-state index in [0.717, 1.165) is 6.26 Å². The number of rotatable bonds is 9. The Morgan fingerprint density at radius 3 is 2.18 bits per heavy atom. The number of carbonyl (C=O) groups is 1. The Kier molecular flexibility index (Phi) is 7.20. The summed E-state index contributed by atoms with van der Waals surface area (Å²) in [4.78, 5) is 11.2. The predicted molar refractivity (Wildman–Crippen MR) is 59.7 cm³/mol. The summed E-state index contributed by atoms with van der Waals surface area (Å²) < 4.78 is 9.38. The maximum Gasteiger partial charge on any atom is 0.373 e. The molecule has 0 aliphatic rings. The van der Waals surface area contributed by atoms with Crippen molar-refractivity contribution in [2.24, 2.45) is 5.41 Å². The zero-order valence-electron chi connectivity index (χ0n) is 9.59. The van der Waals surface area contributed by atoms with Crippen LogP contribution in [0, 0.1) is 5.41 Å². The molecule has 0 amide bonds. The summed E-state index contributed by atoms with van der Waals surface area (Å²) in [6.07, 6.45) is 1.17. The summed E-state index contributed by atoms with van der Waals surface area (Å²) in [5, 5.41) is 27.1. The van der Waals surface area contributed by atoms with E-state index in [1.165, 1.54) is 0 Å². The minimum absolute atomic E-state index is 0.0694. The second-order valence-corrected chi connectivity index (χ2v) is 3.57. The van der Waals surface area contributed by atoms with Gasteiger partial charge >= 0.3 is 5.97 Å². The van der Waals surface area contributed by atoms with Gasteiger partial charge in [-0.1, -0.05) is 6.58 Å². The molecule has 0 heterocycles. The molecule has 0 radical (unpaired) electrons. The van der Waals surface area contributed by atoms with Gasteiger partial charge in [0.15, 0.2) is 0 Å². The molecule has 0 aliphatic heterocycles. The standard InChI is InChI=1S/C11H18O6/c1-3-16-9(2)10(15)17-5-4-11(6-12,7-13)8-14/h3,12-14H,1-2,4-8H2. The maximum absolute atomic E-state index is 11.2. The molecule has 0 bridgehead atoms. The van der Waals surface area contributed by atoms with E-state index in [2.05, 4.69) is 17.9 Å². The second kappa shape index (κ2) is 7.83. The van der Waals surface area contributed by atoms with Crippen LogP contribution in [0.2, 0.25) is 0 Å². The summed E-state index contributed by atoms with van der Waals surface area (Å²) in [6, 6.07) is 0. The zero-order valence-corrected chi connectivity index (χ0v) is 9.59. The van der Waals surface area contributed by atoms with Gasteiger partial charge in [0.1, 0.15) is 0 Å². The highest BCUT2D eigenvalue weighted by Gasteiger charge is 2.28. The lowest BCUT2D eigenvalue weighted by molar-refractivity contribution is -0.143. The van der Waals surface area contributed by atoms with E-state index in [0.29, 0.717) is 0 Å². The lowest BCUT2D eigenvalue weighted by atomic mass is 9.88. The van der Waals surface area contributed by atoms with Crippen LogP contribution >= 0.6 is 0 Å². The summed E-state index contributed by atoms with van der Waals surface area (Å²) >= 11 is 0. The first-order valence-corrected chi connectivity index (χ1v) is 5.01. The van der Waals surface area contributed by atoms with Crippen LogP contribution in [0.5, 0.6) is 0 Å². The molecular weight excluding hydrogens is 228 g/mol. The molecule has 0 rings (SSSR count). The summed E-state index contributed by atoms with van der Waals surface area (Å²) in [7, 11) is 0. The average Bonchev–Trinajstić information content (AvgIpc) is 2.35. The van der Waals surface area contributed by atoms with Crippen LogP contribution < -0.4 is 0 Å². The fraction of sp³-hybridized carbons (Fsp3) is 0.545. The van der Waals surface area contributed by atoms with Crippen LogP contribution in [0.4, 0.5) is 0 Å².